The van der Waals surface area contributed by atoms with Crippen molar-refractivity contribution in [1.29, 1.82) is 0 Å². The molecule has 4 rings (SSSR count). The van der Waals surface area contributed by atoms with Crippen LogP contribution in [0.1, 0.15) is 39.4 Å². The molecule has 0 spiro atoms. The van der Waals surface area contributed by atoms with Crippen molar-refractivity contribution in [1.82, 2.24) is 19.6 Å². The van der Waals surface area contributed by atoms with Crippen molar-refractivity contribution in [2.24, 2.45) is 0 Å². The lowest BCUT2D eigenvalue weighted by atomic mass is 10.1. The molecule has 7 heteroatoms. The third kappa shape index (κ3) is 3.28. The van der Waals surface area contributed by atoms with Gasteiger partial charge in [-0.05, 0) is 53.4 Å². The number of halogens is 1. The van der Waals surface area contributed by atoms with Crippen LogP contribution < -0.4 is 0 Å². The third-order valence-corrected chi connectivity index (χ3v) is 5.79. The van der Waals surface area contributed by atoms with Crippen molar-refractivity contribution < 1.29 is 9.59 Å². The zero-order chi connectivity index (χ0) is 18.1. The van der Waals surface area contributed by atoms with Gasteiger partial charge in [0.15, 0.2) is 5.69 Å². The van der Waals surface area contributed by atoms with E-state index in [9.17, 15) is 9.59 Å². The molecule has 0 N–H and O–H groups in total. The fraction of sp³-hybridized carbons (Fsp3) is 0.421. The number of carbonyl (C=O) groups excluding carboxylic acids is 2. The number of hydrogen-bond acceptors (Lipinski definition) is 3. The Morgan fingerprint density at radius 3 is 2.31 bits per heavy atom. The highest BCUT2D eigenvalue weighted by molar-refractivity contribution is 9.10. The minimum atomic E-state index is -0.0279. The summed E-state index contributed by atoms with van der Waals surface area (Å²) in [7, 11) is 0. The second-order valence-electron chi connectivity index (χ2n) is 6.77. The second-order valence-corrected chi connectivity index (χ2v) is 7.62. The van der Waals surface area contributed by atoms with Crippen LogP contribution in [0, 0.1) is 0 Å². The van der Waals surface area contributed by atoms with E-state index in [4.69, 9.17) is 0 Å². The zero-order valence-electron chi connectivity index (χ0n) is 14.5. The summed E-state index contributed by atoms with van der Waals surface area (Å²) in [5.41, 5.74) is 2.35. The molecule has 0 aliphatic carbocycles. The van der Waals surface area contributed by atoms with Gasteiger partial charge in [0.1, 0.15) is 0 Å². The first-order chi connectivity index (χ1) is 12.6. The first-order valence-corrected chi connectivity index (χ1v) is 9.82. The van der Waals surface area contributed by atoms with E-state index in [1.165, 1.54) is 0 Å². The van der Waals surface area contributed by atoms with Crippen LogP contribution in [0.25, 0.3) is 0 Å². The maximum Gasteiger partial charge on any atom is 0.274 e. The van der Waals surface area contributed by atoms with E-state index in [0.29, 0.717) is 37.4 Å². The van der Waals surface area contributed by atoms with Crippen molar-refractivity contribution >= 4 is 27.7 Å². The quantitative estimate of drug-likeness (QED) is 0.755. The number of amides is 2. The number of aromatic nitrogens is 2. The van der Waals surface area contributed by atoms with E-state index in [2.05, 4.69) is 21.0 Å². The van der Waals surface area contributed by atoms with E-state index in [0.717, 1.165) is 36.0 Å². The summed E-state index contributed by atoms with van der Waals surface area (Å²) in [6.45, 7) is 3.06. The summed E-state index contributed by atoms with van der Waals surface area (Å²) in [6, 6.07) is 9.37. The van der Waals surface area contributed by atoms with Gasteiger partial charge in [0.05, 0.1) is 5.56 Å². The topological polar surface area (TPSA) is 58.4 Å². The predicted octanol–water partition coefficient (Wildman–Crippen LogP) is 2.58. The highest BCUT2D eigenvalue weighted by atomic mass is 79.9. The summed E-state index contributed by atoms with van der Waals surface area (Å²) < 4.78 is 2.76. The lowest BCUT2D eigenvalue weighted by Crippen LogP contribution is -2.50. The van der Waals surface area contributed by atoms with Crippen LogP contribution in [0.15, 0.2) is 34.8 Å². The Balaban J connectivity index is 1.40. The molecule has 0 saturated carbocycles. The number of hydrogen-bond donors (Lipinski definition) is 0. The van der Waals surface area contributed by atoms with E-state index in [1.807, 2.05) is 39.9 Å². The van der Waals surface area contributed by atoms with Crippen LogP contribution in [-0.2, 0) is 13.0 Å². The first kappa shape index (κ1) is 17.3. The standard InChI is InChI=1S/C19H21BrN4O2/c20-16-7-2-1-6-15(16)18(25)22-9-11-23(12-10-22)19(26)17-13-14-5-3-4-8-24(14)21-17/h1-2,6-7,13H,3-5,8-12H2. The Labute approximate surface area is 160 Å². The van der Waals surface area contributed by atoms with Gasteiger partial charge in [-0.2, -0.15) is 5.10 Å². The fourth-order valence-electron chi connectivity index (χ4n) is 3.60. The molecule has 1 aromatic heterocycles. The molecule has 6 nitrogen and oxygen atoms in total. The molecule has 0 bridgehead atoms. The van der Waals surface area contributed by atoms with Crippen LogP contribution in [0.2, 0.25) is 0 Å². The Bertz CT molecular complexity index is 816. The monoisotopic (exact) mass is 416 g/mol. The van der Waals surface area contributed by atoms with Crippen LogP contribution >= 0.6 is 15.9 Å². The summed E-state index contributed by atoms with van der Waals surface area (Å²) in [5, 5.41) is 4.48. The van der Waals surface area contributed by atoms with Crippen molar-refractivity contribution in [2.45, 2.75) is 25.8 Å². The molecule has 2 aromatic rings. The highest BCUT2D eigenvalue weighted by Crippen LogP contribution is 2.20. The summed E-state index contributed by atoms with van der Waals surface area (Å²) in [5.74, 6) is -0.0260. The average molecular weight is 417 g/mol. The lowest BCUT2D eigenvalue weighted by molar-refractivity contribution is 0.0531. The Kier molecular flexibility index (Phi) is 4.80. The van der Waals surface area contributed by atoms with Gasteiger partial charge in [0.25, 0.3) is 11.8 Å². The van der Waals surface area contributed by atoms with E-state index in [1.54, 1.807) is 4.90 Å². The van der Waals surface area contributed by atoms with Crippen molar-refractivity contribution in [2.75, 3.05) is 26.2 Å². The molecule has 1 fully saturated rings. The summed E-state index contributed by atoms with van der Waals surface area (Å²) in [6.07, 6.45) is 3.28. The Hall–Kier alpha value is -2.15. The zero-order valence-corrected chi connectivity index (χ0v) is 16.1. The third-order valence-electron chi connectivity index (χ3n) is 5.09. The molecular weight excluding hydrogens is 396 g/mol. The molecule has 2 aliphatic heterocycles. The number of fused-ring (bicyclic) bond motifs is 1. The molecule has 3 heterocycles. The number of piperazine rings is 1. The van der Waals surface area contributed by atoms with Crippen LogP contribution in [-0.4, -0.2) is 57.6 Å². The largest absolute Gasteiger partial charge is 0.335 e. The van der Waals surface area contributed by atoms with Gasteiger partial charge < -0.3 is 9.80 Å². The predicted molar refractivity (Wildman–Crippen MR) is 101 cm³/mol. The minimum Gasteiger partial charge on any atom is -0.335 e. The van der Waals surface area contributed by atoms with Crippen LogP contribution in [0.3, 0.4) is 0 Å². The molecule has 1 saturated heterocycles. The van der Waals surface area contributed by atoms with Crippen molar-refractivity contribution in [3.8, 4) is 0 Å². The molecule has 26 heavy (non-hydrogen) atoms. The smallest absolute Gasteiger partial charge is 0.274 e. The van der Waals surface area contributed by atoms with Gasteiger partial charge in [0.2, 0.25) is 0 Å². The Morgan fingerprint density at radius 1 is 0.923 bits per heavy atom. The highest BCUT2D eigenvalue weighted by Gasteiger charge is 2.28. The van der Waals surface area contributed by atoms with Crippen molar-refractivity contribution in [3.63, 3.8) is 0 Å². The molecule has 0 radical (unpaired) electrons. The van der Waals surface area contributed by atoms with Gasteiger partial charge in [-0.3, -0.25) is 14.3 Å². The van der Waals surface area contributed by atoms with Crippen LogP contribution in [0.4, 0.5) is 0 Å². The molecule has 0 unspecified atom stereocenters. The number of benzene rings is 1. The average Bonchev–Trinajstić information content (AvgIpc) is 3.11. The Morgan fingerprint density at radius 2 is 1.62 bits per heavy atom. The van der Waals surface area contributed by atoms with E-state index >= 15 is 0 Å². The molecule has 136 valence electrons. The fourth-order valence-corrected chi connectivity index (χ4v) is 4.06. The van der Waals surface area contributed by atoms with Gasteiger partial charge in [-0.15, -0.1) is 0 Å². The SMILES string of the molecule is O=C(c1cc2n(n1)CCCC2)N1CCN(C(=O)c2ccccc2Br)CC1. The van der Waals surface area contributed by atoms with Gasteiger partial charge >= 0.3 is 0 Å². The number of rotatable bonds is 2. The van der Waals surface area contributed by atoms with Gasteiger partial charge in [0, 0.05) is 42.9 Å². The van der Waals surface area contributed by atoms with Crippen molar-refractivity contribution in [3.05, 3.63) is 51.8 Å². The molecule has 1 aromatic carbocycles. The number of aryl methyl sites for hydroxylation is 2. The maximum absolute atomic E-state index is 12.8. The first-order valence-electron chi connectivity index (χ1n) is 9.03. The summed E-state index contributed by atoms with van der Waals surface area (Å²) in [4.78, 5) is 29.0. The van der Waals surface area contributed by atoms with Crippen LogP contribution in [0.5, 0.6) is 0 Å². The second kappa shape index (κ2) is 7.23. The molecular formula is C19H21BrN4O2. The number of carbonyl (C=O) groups is 2. The molecule has 0 atom stereocenters. The van der Waals surface area contributed by atoms with E-state index < -0.39 is 0 Å². The van der Waals surface area contributed by atoms with Gasteiger partial charge in [-0.25, -0.2) is 0 Å². The normalized spacial score (nSPS) is 17.1. The lowest BCUT2D eigenvalue weighted by Gasteiger charge is -2.34. The molecule has 2 aliphatic rings. The molecule has 2 amide bonds. The minimum absolute atomic E-state index is 0.00188. The summed E-state index contributed by atoms with van der Waals surface area (Å²) >= 11 is 3.43. The van der Waals surface area contributed by atoms with E-state index in [-0.39, 0.29) is 11.8 Å². The number of nitrogens with zero attached hydrogens (tertiary/aromatic N) is 4. The maximum atomic E-state index is 12.8. The van der Waals surface area contributed by atoms with Gasteiger partial charge in [-0.1, -0.05) is 12.1 Å².